The van der Waals surface area contributed by atoms with Crippen LogP contribution < -0.4 is 5.73 Å². The minimum Gasteiger partial charge on any atom is -0.396 e. The van der Waals surface area contributed by atoms with E-state index in [1.807, 2.05) is 6.07 Å². The Morgan fingerprint density at radius 1 is 1.15 bits per heavy atom. The van der Waals surface area contributed by atoms with Crippen LogP contribution in [0.25, 0.3) is 0 Å². The van der Waals surface area contributed by atoms with Gasteiger partial charge in [-0.05, 0) is 36.4 Å². The molecule has 102 valence electrons. The maximum absolute atomic E-state index is 13.6. The number of benzene rings is 2. The van der Waals surface area contributed by atoms with Crippen LogP contribution in [0.1, 0.15) is 11.1 Å². The molecule has 0 spiro atoms. The Balaban J connectivity index is 2.28. The van der Waals surface area contributed by atoms with Gasteiger partial charge in [-0.25, -0.2) is 8.78 Å². The SMILES string of the molecule is N#Cc1ccc(F)c(CS(=O)c2ccc(N)c(F)c2)c1. The molecule has 0 aromatic heterocycles. The number of rotatable bonds is 3. The van der Waals surface area contributed by atoms with Gasteiger partial charge in [0, 0.05) is 10.5 Å². The Morgan fingerprint density at radius 2 is 1.90 bits per heavy atom. The van der Waals surface area contributed by atoms with Crippen LogP contribution in [-0.4, -0.2) is 4.21 Å². The third kappa shape index (κ3) is 3.00. The average molecular weight is 292 g/mol. The van der Waals surface area contributed by atoms with Crippen molar-refractivity contribution < 1.29 is 13.0 Å². The van der Waals surface area contributed by atoms with Crippen molar-refractivity contribution in [3.63, 3.8) is 0 Å². The first kappa shape index (κ1) is 14.2. The van der Waals surface area contributed by atoms with Crippen molar-refractivity contribution in [2.45, 2.75) is 10.6 Å². The maximum Gasteiger partial charge on any atom is 0.147 e. The van der Waals surface area contributed by atoms with Crippen LogP contribution in [-0.2, 0) is 16.6 Å². The van der Waals surface area contributed by atoms with E-state index in [-0.39, 0.29) is 27.5 Å². The molecule has 3 nitrogen and oxygen atoms in total. The number of nitrogen functional groups attached to an aromatic ring is 1. The second kappa shape index (κ2) is 5.80. The lowest BCUT2D eigenvalue weighted by Gasteiger charge is -2.05. The van der Waals surface area contributed by atoms with Crippen LogP contribution in [0.15, 0.2) is 41.3 Å². The lowest BCUT2D eigenvalue weighted by molar-refractivity contribution is 0.614. The van der Waals surface area contributed by atoms with Gasteiger partial charge in [-0.2, -0.15) is 5.26 Å². The van der Waals surface area contributed by atoms with Gasteiger partial charge in [-0.3, -0.25) is 4.21 Å². The number of hydrogen-bond donors (Lipinski definition) is 1. The van der Waals surface area contributed by atoms with Gasteiger partial charge >= 0.3 is 0 Å². The largest absolute Gasteiger partial charge is 0.396 e. The smallest absolute Gasteiger partial charge is 0.147 e. The molecule has 0 saturated heterocycles. The molecule has 0 aliphatic carbocycles. The summed E-state index contributed by atoms with van der Waals surface area (Å²) in [6.45, 7) is 0. The second-order valence-electron chi connectivity index (χ2n) is 4.09. The Bertz CT molecular complexity index is 726. The van der Waals surface area contributed by atoms with Crippen molar-refractivity contribution in [3.05, 3.63) is 59.2 Å². The highest BCUT2D eigenvalue weighted by molar-refractivity contribution is 7.84. The fourth-order valence-electron chi connectivity index (χ4n) is 1.63. The standard InChI is InChI=1S/C14H10F2N2OS/c15-12-3-1-9(7-17)5-10(12)8-20(19)11-2-4-14(18)13(16)6-11/h1-6H,8,18H2. The summed E-state index contributed by atoms with van der Waals surface area (Å²) in [5.74, 6) is -1.35. The minimum absolute atomic E-state index is 0.0385. The number of anilines is 1. The number of hydrogen-bond acceptors (Lipinski definition) is 3. The second-order valence-corrected chi connectivity index (χ2v) is 5.54. The highest BCUT2D eigenvalue weighted by Crippen LogP contribution is 2.19. The fraction of sp³-hybridized carbons (Fsp3) is 0.0714. The van der Waals surface area contributed by atoms with E-state index in [9.17, 15) is 13.0 Å². The number of halogens is 2. The summed E-state index contributed by atoms with van der Waals surface area (Å²) in [6, 6.07) is 9.51. The molecule has 2 aromatic rings. The first-order chi connectivity index (χ1) is 9.51. The van der Waals surface area contributed by atoms with Crippen molar-refractivity contribution in [2.24, 2.45) is 0 Å². The predicted octanol–water partition coefficient (Wildman–Crippen LogP) is 2.73. The van der Waals surface area contributed by atoms with Crippen molar-refractivity contribution in [3.8, 4) is 6.07 Å². The maximum atomic E-state index is 13.6. The van der Waals surface area contributed by atoms with Gasteiger partial charge in [0.05, 0.1) is 33.9 Å². The van der Waals surface area contributed by atoms with Gasteiger partial charge in [-0.1, -0.05) is 0 Å². The van der Waals surface area contributed by atoms with E-state index in [2.05, 4.69) is 0 Å². The summed E-state index contributed by atoms with van der Waals surface area (Å²) >= 11 is 0. The van der Waals surface area contributed by atoms with Gasteiger partial charge < -0.3 is 5.73 Å². The molecule has 2 rings (SSSR count). The lowest BCUT2D eigenvalue weighted by atomic mass is 10.1. The summed E-state index contributed by atoms with van der Waals surface area (Å²) in [6.07, 6.45) is 0. The molecule has 2 N–H and O–H groups in total. The Labute approximate surface area is 117 Å². The van der Waals surface area contributed by atoms with Crippen LogP contribution in [0.4, 0.5) is 14.5 Å². The molecule has 0 saturated carbocycles. The number of nitrogens with two attached hydrogens (primary N) is 1. The van der Waals surface area contributed by atoms with E-state index in [0.29, 0.717) is 0 Å². The van der Waals surface area contributed by atoms with Gasteiger partial charge in [-0.15, -0.1) is 0 Å². The van der Waals surface area contributed by atoms with Crippen LogP contribution in [0.2, 0.25) is 0 Å². The summed E-state index contributed by atoms with van der Waals surface area (Å²) in [5, 5.41) is 8.76. The Kier molecular flexibility index (Phi) is 4.11. The summed E-state index contributed by atoms with van der Waals surface area (Å²) in [4.78, 5) is 0.221. The molecule has 0 radical (unpaired) electrons. The van der Waals surface area contributed by atoms with E-state index >= 15 is 0 Å². The van der Waals surface area contributed by atoms with Crippen LogP contribution in [0.3, 0.4) is 0 Å². The average Bonchev–Trinajstić information content (AvgIpc) is 2.44. The van der Waals surface area contributed by atoms with E-state index in [4.69, 9.17) is 11.0 Å². The van der Waals surface area contributed by atoms with E-state index in [1.54, 1.807) is 0 Å². The molecule has 6 heteroatoms. The third-order valence-electron chi connectivity index (χ3n) is 2.70. The minimum atomic E-state index is -1.62. The molecule has 2 aromatic carbocycles. The molecule has 0 aliphatic rings. The number of nitrogens with zero attached hydrogens (tertiary/aromatic N) is 1. The topological polar surface area (TPSA) is 66.9 Å². The zero-order valence-electron chi connectivity index (χ0n) is 10.3. The Hall–Kier alpha value is -2.26. The van der Waals surface area contributed by atoms with Crippen LogP contribution in [0, 0.1) is 23.0 Å². The summed E-state index contributed by atoms with van der Waals surface area (Å²) in [7, 11) is -1.62. The monoisotopic (exact) mass is 292 g/mol. The molecule has 0 aliphatic heterocycles. The van der Waals surface area contributed by atoms with Gasteiger partial charge in [0.2, 0.25) is 0 Å². The van der Waals surface area contributed by atoms with Gasteiger partial charge in [0.25, 0.3) is 0 Å². The van der Waals surface area contributed by atoms with E-state index in [0.717, 1.165) is 12.1 Å². The lowest BCUT2D eigenvalue weighted by Crippen LogP contribution is -2.01. The van der Waals surface area contributed by atoms with Crippen molar-refractivity contribution in [1.29, 1.82) is 5.26 Å². The zero-order valence-corrected chi connectivity index (χ0v) is 11.1. The fourth-order valence-corrected chi connectivity index (χ4v) is 2.75. The molecule has 20 heavy (non-hydrogen) atoms. The molecular formula is C14H10F2N2OS. The third-order valence-corrected chi connectivity index (χ3v) is 4.05. The summed E-state index contributed by atoms with van der Waals surface area (Å²) < 4.78 is 39.0. The molecular weight excluding hydrogens is 282 g/mol. The molecule has 0 amide bonds. The quantitative estimate of drug-likeness (QED) is 0.884. The van der Waals surface area contributed by atoms with Gasteiger partial charge in [0.1, 0.15) is 11.6 Å². The summed E-state index contributed by atoms with van der Waals surface area (Å²) in [5.41, 5.74) is 5.73. The highest BCUT2D eigenvalue weighted by Gasteiger charge is 2.11. The normalized spacial score (nSPS) is 11.8. The van der Waals surface area contributed by atoms with Crippen molar-refractivity contribution in [2.75, 3.05) is 5.73 Å². The van der Waals surface area contributed by atoms with Crippen LogP contribution in [0.5, 0.6) is 0 Å². The number of nitriles is 1. The highest BCUT2D eigenvalue weighted by atomic mass is 32.2. The van der Waals surface area contributed by atoms with Crippen molar-refractivity contribution in [1.82, 2.24) is 0 Å². The molecule has 1 atom stereocenters. The van der Waals surface area contributed by atoms with Crippen LogP contribution >= 0.6 is 0 Å². The zero-order chi connectivity index (χ0) is 14.7. The first-order valence-corrected chi connectivity index (χ1v) is 6.95. The molecule has 0 heterocycles. The van der Waals surface area contributed by atoms with E-state index < -0.39 is 22.4 Å². The molecule has 0 bridgehead atoms. The van der Waals surface area contributed by atoms with E-state index in [1.165, 1.54) is 24.3 Å². The molecule has 1 unspecified atom stereocenters. The van der Waals surface area contributed by atoms with Gasteiger partial charge in [0.15, 0.2) is 0 Å². The predicted molar refractivity (Wildman–Crippen MR) is 72.0 cm³/mol. The molecule has 0 fully saturated rings. The first-order valence-electron chi connectivity index (χ1n) is 5.63. The van der Waals surface area contributed by atoms with Crippen molar-refractivity contribution >= 4 is 16.5 Å². The Morgan fingerprint density at radius 3 is 2.55 bits per heavy atom.